The van der Waals surface area contributed by atoms with E-state index < -0.39 is 5.72 Å². The van der Waals surface area contributed by atoms with Gasteiger partial charge in [-0.2, -0.15) is 0 Å². The average molecular weight is 435 g/mol. The summed E-state index contributed by atoms with van der Waals surface area (Å²) in [6.07, 6.45) is 20.0. The van der Waals surface area contributed by atoms with E-state index in [-0.39, 0.29) is 5.96 Å². The van der Waals surface area contributed by atoms with Crippen LogP contribution in [0.2, 0.25) is 0 Å². The summed E-state index contributed by atoms with van der Waals surface area (Å²) in [5.74, 6) is 2.21. The van der Waals surface area contributed by atoms with E-state index in [0.717, 1.165) is 57.7 Å². The van der Waals surface area contributed by atoms with E-state index in [1.54, 1.807) is 0 Å². The fourth-order valence-corrected chi connectivity index (χ4v) is 4.77. The highest BCUT2D eigenvalue weighted by Crippen LogP contribution is 2.30. The summed E-state index contributed by atoms with van der Waals surface area (Å²) in [6.45, 7) is 8.31. The predicted octanol–water partition coefficient (Wildman–Crippen LogP) is 3.97. The molecular formula is C25H48N5O+. The number of rotatable bonds is 16. The Bertz CT molecular complexity index is 609. The summed E-state index contributed by atoms with van der Waals surface area (Å²) in [4.78, 5) is 6.28. The van der Waals surface area contributed by atoms with Crippen LogP contribution in [-0.4, -0.2) is 58.3 Å². The lowest BCUT2D eigenvalue weighted by Gasteiger charge is -2.32. The van der Waals surface area contributed by atoms with Crippen LogP contribution >= 0.6 is 0 Å². The fraction of sp³-hybridized carbons (Fsp3) is 0.840. The lowest BCUT2D eigenvalue weighted by Crippen LogP contribution is -2.52. The van der Waals surface area contributed by atoms with Gasteiger partial charge in [-0.1, -0.05) is 65.2 Å². The molecule has 178 valence electrons. The Balaban J connectivity index is 1.64. The molecule has 0 aromatic heterocycles. The van der Waals surface area contributed by atoms with E-state index >= 15 is 0 Å². The van der Waals surface area contributed by atoms with Gasteiger partial charge < -0.3 is 16.6 Å². The molecule has 0 unspecified atom stereocenters. The van der Waals surface area contributed by atoms with Crippen LogP contribution in [0.1, 0.15) is 97.3 Å². The van der Waals surface area contributed by atoms with Crippen LogP contribution < -0.4 is 11.5 Å². The Morgan fingerprint density at radius 2 is 1.74 bits per heavy atom. The number of nitrogens with two attached hydrogens (primary N) is 2. The highest BCUT2D eigenvalue weighted by molar-refractivity contribution is 5.92. The number of aliphatic imine (C=N–C) groups is 1. The van der Waals surface area contributed by atoms with Crippen LogP contribution in [0.25, 0.3) is 0 Å². The molecule has 0 saturated carbocycles. The second kappa shape index (κ2) is 13.8. The number of nitrogens with zero attached hydrogens (tertiary/aromatic N) is 3. The molecule has 0 aromatic rings. The number of hydrogen-bond acceptors (Lipinski definition) is 3. The molecule has 0 amide bonds. The second-order valence-electron chi connectivity index (χ2n) is 9.84. The van der Waals surface area contributed by atoms with Crippen molar-refractivity contribution in [1.29, 1.82) is 0 Å². The summed E-state index contributed by atoms with van der Waals surface area (Å²) in [7, 11) is 0. The molecule has 31 heavy (non-hydrogen) atoms. The Morgan fingerprint density at radius 1 is 1.06 bits per heavy atom. The largest absolute Gasteiger partial charge is 0.370 e. The molecule has 2 rings (SSSR count). The zero-order valence-electron chi connectivity index (χ0n) is 20.2. The average Bonchev–Trinajstić information content (AvgIpc) is 3.06. The van der Waals surface area contributed by atoms with Gasteiger partial charge in [0.15, 0.2) is 5.96 Å². The maximum absolute atomic E-state index is 11.3. The SMILES string of the molecule is CC(C)CCCCCCCCCC[C@@]1(O)C=CC2=[N+](CCCCN=C(N)N)CCCN21. The van der Waals surface area contributed by atoms with Crippen LogP contribution in [0.3, 0.4) is 0 Å². The van der Waals surface area contributed by atoms with Gasteiger partial charge in [0.05, 0.1) is 19.6 Å². The minimum atomic E-state index is -0.789. The van der Waals surface area contributed by atoms with Crippen molar-refractivity contribution in [2.45, 2.75) is 103 Å². The van der Waals surface area contributed by atoms with Gasteiger partial charge in [-0.15, -0.1) is 0 Å². The molecule has 2 aliphatic rings. The number of aliphatic hydroxyl groups is 1. The van der Waals surface area contributed by atoms with Gasteiger partial charge in [0.2, 0.25) is 5.72 Å². The lowest BCUT2D eigenvalue weighted by molar-refractivity contribution is -0.539. The minimum absolute atomic E-state index is 0.170. The quantitative estimate of drug-likeness (QED) is 0.148. The molecule has 2 heterocycles. The molecule has 2 aliphatic heterocycles. The van der Waals surface area contributed by atoms with Gasteiger partial charge in [0.1, 0.15) is 0 Å². The molecule has 1 atom stereocenters. The molecule has 0 radical (unpaired) electrons. The van der Waals surface area contributed by atoms with Crippen molar-refractivity contribution in [3.8, 4) is 0 Å². The fourth-order valence-electron chi connectivity index (χ4n) is 4.77. The Labute approximate surface area is 190 Å². The van der Waals surface area contributed by atoms with Gasteiger partial charge in [-0.25, -0.2) is 4.90 Å². The van der Waals surface area contributed by atoms with Crippen LogP contribution in [0.4, 0.5) is 0 Å². The molecule has 0 aliphatic carbocycles. The number of unbranched alkanes of at least 4 members (excludes halogenated alkanes) is 8. The van der Waals surface area contributed by atoms with Crippen molar-refractivity contribution in [2.75, 3.05) is 26.2 Å². The highest BCUT2D eigenvalue weighted by atomic mass is 16.3. The first-order valence-electron chi connectivity index (χ1n) is 12.8. The van der Waals surface area contributed by atoms with Crippen LogP contribution in [-0.2, 0) is 0 Å². The van der Waals surface area contributed by atoms with E-state index in [1.165, 1.54) is 57.2 Å². The maximum Gasteiger partial charge on any atom is 0.274 e. The molecule has 6 nitrogen and oxygen atoms in total. The minimum Gasteiger partial charge on any atom is -0.370 e. The lowest BCUT2D eigenvalue weighted by atomic mass is 10.0. The van der Waals surface area contributed by atoms with E-state index in [4.69, 9.17) is 11.5 Å². The summed E-state index contributed by atoms with van der Waals surface area (Å²) in [5.41, 5.74) is 9.99. The second-order valence-corrected chi connectivity index (χ2v) is 9.84. The van der Waals surface area contributed by atoms with Crippen molar-refractivity contribution in [3.63, 3.8) is 0 Å². The third-order valence-electron chi connectivity index (χ3n) is 6.58. The molecular weight excluding hydrogens is 386 g/mol. The third kappa shape index (κ3) is 9.22. The molecule has 0 spiro atoms. The topological polar surface area (TPSA) is 90.9 Å². The Kier molecular flexibility index (Phi) is 11.4. The first kappa shape index (κ1) is 25.7. The van der Waals surface area contributed by atoms with Crippen molar-refractivity contribution >= 4 is 11.8 Å². The van der Waals surface area contributed by atoms with Gasteiger partial charge in [-0.05, 0) is 31.3 Å². The first-order chi connectivity index (χ1) is 14.9. The molecule has 0 fully saturated rings. The third-order valence-corrected chi connectivity index (χ3v) is 6.58. The summed E-state index contributed by atoms with van der Waals surface area (Å²) >= 11 is 0. The normalized spacial score (nSPS) is 20.6. The van der Waals surface area contributed by atoms with E-state index in [0.29, 0.717) is 6.54 Å². The van der Waals surface area contributed by atoms with E-state index in [9.17, 15) is 5.11 Å². The molecule has 0 aromatic carbocycles. The van der Waals surface area contributed by atoms with Gasteiger partial charge in [-0.3, -0.25) is 9.57 Å². The summed E-state index contributed by atoms with van der Waals surface area (Å²) in [6, 6.07) is 0. The molecule has 0 bridgehead atoms. The van der Waals surface area contributed by atoms with E-state index in [1.807, 2.05) is 6.08 Å². The maximum atomic E-state index is 11.3. The highest BCUT2D eigenvalue weighted by Gasteiger charge is 2.46. The standard InChI is InChI=1S/C25H48N5O/c1-22(2)14-9-7-5-3-4-6-8-10-16-25(31)17-15-23-29(20-13-21-30(23)25)19-12-11-18-28-24(26)27/h15,17,22,31H,3-14,16,18-21H2,1-2H3,(H4,26,27,28)/q+1/t25-/m1/s1. The van der Waals surface area contributed by atoms with E-state index in [2.05, 4.69) is 34.4 Å². The first-order valence-corrected chi connectivity index (χ1v) is 12.8. The van der Waals surface area contributed by atoms with Crippen LogP contribution in [0.15, 0.2) is 17.1 Å². The van der Waals surface area contributed by atoms with Crippen molar-refractivity contribution in [2.24, 2.45) is 22.4 Å². The molecule has 5 N–H and O–H groups in total. The number of amidine groups is 1. The Hall–Kier alpha value is -1.56. The van der Waals surface area contributed by atoms with Gasteiger partial charge >= 0.3 is 0 Å². The van der Waals surface area contributed by atoms with Crippen molar-refractivity contribution < 1.29 is 9.68 Å². The van der Waals surface area contributed by atoms with Gasteiger partial charge in [0, 0.05) is 25.5 Å². The summed E-state index contributed by atoms with van der Waals surface area (Å²) in [5, 5.41) is 11.3. The predicted molar refractivity (Wildman–Crippen MR) is 131 cm³/mol. The smallest absolute Gasteiger partial charge is 0.274 e. The van der Waals surface area contributed by atoms with Crippen LogP contribution in [0, 0.1) is 5.92 Å². The monoisotopic (exact) mass is 434 g/mol. The zero-order chi connectivity index (χ0) is 22.5. The van der Waals surface area contributed by atoms with Crippen LogP contribution in [0.5, 0.6) is 0 Å². The number of fused-ring (bicyclic) bond motifs is 1. The zero-order valence-corrected chi connectivity index (χ0v) is 20.2. The number of guanidine groups is 1. The number of hydrogen-bond donors (Lipinski definition) is 3. The van der Waals surface area contributed by atoms with Gasteiger partial charge in [0.25, 0.3) is 5.84 Å². The van der Waals surface area contributed by atoms with Crippen molar-refractivity contribution in [3.05, 3.63) is 12.2 Å². The molecule has 0 saturated heterocycles. The Morgan fingerprint density at radius 3 is 2.42 bits per heavy atom. The molecule has 6 heteroatoms. The summed E-state index contributed by atoms with van der Waals surface area (Å²) < 4.78 is 2.41. The van der Waals surface area contributed by atoms with Crippen molar-refractivity contribution in [1.82, 2.24) is 4.90 Å².